The van der Waals surface area contributed by atoms with Crippen molar-refractivity contribution in [1.82, 2.24) is 0 Å². The predicted molar refractivity (Wildman–Crippen MR) is 184 cm³/mol. The van der Waals surface area contributed by atoms with Crippen molar-refractivity contribution in [3.8, 4) is 0 Å². The molecule has 0 saturated carbocycles. The van der Waals surface area contributed by atoms with Crippen molar-refractivity contribution < 1.29 is 0 Å². The molecule has 214 valence electrons. The third-order valence-corrected chi connectivity index (χ3v) is 8.38. The van der Waals surface area contributed by atoms with E-state index in [-0.39, 0.29) is 0 Å². The smallest absolute Gasteiger partial charge is 0.0668 e. The molecule has 0 aliphatic rings. The van der Waals surface area contributed by atoms with Crippen LogP contribution in [0, 0.1) is 0 Å². The molecule has 0 unspecified atom stereocenters. The lowest BCUT2D eigenvalue weighted by molar-refractivity contribution is 1.26. The molecule has 0 spiro atoms. The molecule has 0 aliphatic carbocycles. The normalized spacial score (nSPS) is 11.0. The van der Waals surface area contributed by atoms with Crippen LogP contribution in [0.4, 0.5) is 56.9 Å². The first kappa shape index (κ1) is 30.1. The van der Waals surface area contributed by atoms with Crippen LogP contribution < -0.4 is 32.7 Å². The molecule has 0 fully saturated rings. The molecule has 8 N–H and O–H groups in total. The number of hydrogen-bond acceptors (Lipinski definition) is 6. The highest BCUT2D eigenvalue weighted by atomic mass is 35.5. The number of anilines is 10. The standard InChI is InChI=1S/C30H22Cl6N6/c31-19-9-15(1-5-25(19)37)41(16-2-6-26(38)20(32)10-16)29-13-24(36)30(14-23(29)35)42(17-3-7-27(39)21(33)11-17)18-4-8-28(40)22(34)12-18/h1-14H,37-40H2. The van der Waals surface area contributed by atoms with Crippen LogP contribution in [0.5, 0.6) is 0 Å². The van der Waals surface area contributed by atoms with E-state index < -0.39 is 0 Å². The van der Waals surface area contributed by atoms with Crippen molar-refractivity contribution in [2.24, 2.45) is 0 Å². The molecule has 0 aromatic heterocycles. The van der Waals surface area contributed by atoms with Crippen molar-refractivity contribution >= 4 is 126 Å². The molecule has 0 amide bonds. The Morgan fingerprint density at radius 3 is 0.786 bits per heavy atom. The Balaban J connectivity index is 1.72. The lowest BCUT2D eigenvalue weighted by Crippen LogP contribution is -2.14. The highest BCUT2D eigenvalue weighted by Crippen LogP contribution is 2.48. The minimum absolute atomic E-state index is 0.350. The third-order valence-electron chi connectivity index (χ3n) is 6.47. The van der Waals surface area contributed by atoms with E-state index in [9.17, 15) is 0 Å². The first-order chi connectivity index (χ1) is 19.9. The number of hydrogen-bond donors (Lipinski definition) is 4. The average Bonchev–Trinajstić information content (AvgIpc) is 2.94. The van der Waals surface area contributed by atoms with E-state index in [1.807, 2.05) is 34.1 Å². The van der Waals surface area contributed by atoms with Gasteiger partial charge in [-0.25, -0.2) is 0 Å². The molecule has 6 nitrogen and oxygen atoms in total. The van der Waals surface area contributed by atoms with E-state index in [1.54, 1.807) is 60.7 Å². The highest BCUT2D eigenvalue weighted by Gasteiger charge is 2.23. The quantitative estimate of drug-likeness (QED) is 0.133. The van der Waals surface area contributed by atoms with Crippen LogP contribution in [-0.4, -0.2) is 0 Å². The van der Waals surface area contributed by atoms with Gasteiger partial charge < -0.3 is 32.7 Å². The van der Waals surface area contributed by atoms with Crippen LogP contribution >= 0.6 is 69.6 Å². The van der Waals surface area contributed by atoms with Gasteiger partial charge in [0.2, 0.25) is 0 Å². The highest BCUT2D eigenvalue weighted by molar-refractivity contribution is 6.38. The summed E-state index contributed by atoms with van der Waals surface area (Å²) in [5, 5.41) is 2.16. The number of nitrogen functional groups attached to an aromatic ring is 4. The van der Waals surface area contributed by atoms with Gasteiger partial charge in [0, 0.05) is 22.7 Å². The molecule has 42 heavy (non-hydrogen) atoms. The summed E-state index contributed by atoms with van der Waals surface area (Å²) in [6.45, 7) is 0. The Kier molecular flexibility index (Phi) is 8.67. The van der Waals surface area contributed by atoms with Gasteiger partial charge in [-0.05, 0) is 84.9 Å². The van der Waals surface area contributed by atoms with Gasteiger partial charge >= 0.3 is 0 Å². The SMILES string of the molecule is Nc1ccc(N(c2ccc(N)c(Cl)c2)c2cc(Cl)c(N(c3ccc(N)c(Cl)c3)c3ccc(N)c(Cl)c3)cc2Cl)cc1Cl. The molecule has 5 aromatic rings. The van der Waals surface area contributed by atoms with Gasteiger partial charge in [0.25, 0.3) is 0 Å². The summed E-state index contributed by atoms with van der Waals surface area (Å²) in [5.41, 5.74) is 29.4. The molecule has 0 radical (unpaired) electrons. The summed E-state index contributed by atoms with van der Waals surface area (Å²) in [7, 11) is 0. The van der Waals surface area contributed by atoms with E-state index in [2.05, 4.69) is 0 Å². The largest absolute Gasteiger partial charge is 0.398 e. The lowest BCUT2D eigenvalue weighted by Gasteiger charge is -2.30. The Hall–Kier alpha value is -3.36. The second-order valence-electron chi connectivity index (χ2n) is 9.25. The molecule has 12 heteroatoms. The summed E-state index contributed by atoms with van der Waals surface area (Å²) >= 11 is 39.7. The van der Waals surface area contributed by atoms with Crippen LogP contribution in [0.25, 0.3) is 0 Å². The molecule has 5 rings (SSSR count). The first-order valence-corrected chi connectivity index (χ1v) is 14.5. The summed E-state index contributed by atoms with van der Waals surface area (Å²) in [6, 6.07) is 24.4. The van der Waals surface area contributed by atoms with E-state index in [4.69, 9.17) is 92.5 Å². The zero-order chi connectivity index (χ0) is 30.3. The van der Waals surface area contributed by atoms with E-state index in [0.717, 1.165) is 0 Å². The van der Waals surface area contributed by atoms with Gasteiger partial charge in [-0.1, -0.05) is 69.6 Å². The number of nitrogens with zero attached hydrogens (tertiary/aromatic N) is 2. The van der Waals surface area contributed by atoms with Crippen LogP contribution in [-0.2, 0) is 0 Å². The average molecular weight is 679 g/mol. The van der Waals surface area contributed by atoms with Crippen molar-refractivity contribution in [2.75, 3.05) is 32.7 Å². The van der Waals surface area contributed by atoms with Gasteiger partial charge in [0.05, 0.1) is 64.3 Å². The summed E-state index contributed by atoms with van der Waals surface area (Å²) in [5.74, 6) is 0. The Morgan fingerprint density at radius 2 is 0.571 bits per heavy atom. The summed E-state index contributed by atoms with van der Waals surface area (Å²) in [4.78, 5) is 3.69. The van der Waals surface area contributed by atoms with Crippen LogP contribution in [0.1, 0.15) is 0 Å². The molecule has 0 heterocycles. The van der Waals surface area contributed by atoms with Gasteiger partial charge in [-0.2, -0.15) is 0 Å². The Morgan fingerprint density at radius 1 is 0.333 bits per heavy atom. The second-order valence-corrected chi connectivity index (χ2v) is 11.7. The van der Waals surface area contributed by atoms with Crippen molar-refractivity contribution in [3.63, 3.8) is 0 Å². The fraction of sp³-hybridized carbons (Fsp3) is 0. The number of rotatable bonds is 6. The second kappa shape index (κ2) is 12.1. The van der Waals surface area contributed by atoms with Crippen molar-refractivity contribution in [3.05, 3.63) is 115 Å². The van der Waals surface area contributed by atoms with E-state index in [1.165, 1.54) is 0 Å². The lowest BCUT2D eigenvalue weighted by atomic mass is 10.1. The molecule has 0 saturated heterocycles. The molecule has 0 aliphatic heterocycles. The van der Waals surface area contributed by atoms with Gasteiger partial charge in [0.1, 0.15) is 0 Å². The zero-order valence-corrected chi connectivity index (χ0v) is 26.1. The number of nitrogens with two attached hydrogens (primary N) is 4. The Bertz CT molecular complexity index is 1590. The van der Waals surface area contributed by atoms with Crippen molar-refractivity contribution in [2.45, 2.75) is 0 Å². The maximum atomic E-state index is 7.04. The maximum absolute atomic E-state index is 7.04. The van der Waals surface area contributed by atoms with E-state index >= 15 is 0 Å². The van der Waals surface area contributed by atoms with Crippen LogP contribution in [0.3, 0.4) is 0 Å². The van der Waals surface area contributed by atoms with Gasteiger partial charge in [-0.15, -0.1) is 0 Å². The van der Waals surface area contributed by atoms with Gasteiger partial charge in [0.15, 0.2) is 0 Å². The Labute approximate surface area is 272 Å². The molecule has 5 aromatic carbocycles. The predicted octanol–water partition coefficient (Wildman–Crippen LogP) is 10.9. The first-order valence-electron chi connectivity index (χ1n) is 12.2. The topological polar surface area (TPSA) is 111 Å². The van der Waals surface area contributed by atoms with Gasteiger partial charge in [-0.3, -0.25) is 0 Å². The van der Waals surface area contributed by atoms with E-state index in [0.29, 0.717) is 87.0 Å². The molecule has 0 bridgehead atoms. The zero-order valence-electron chi connectivity index (χ0n) is 21.6. The van der Waals surface area contributed by atoms with Crippen molar-refractivity contribution in [1.29, 1.82) is 0 Å². The number of halogens is 6. The fourth-order valence-electron chi connectivity index (χ4n) is 4.34. The minimum Gasteiger partial charge on any atom is -0.398 e. The van der Waals surface area contributed by atoms with Crippen LogP contribution in [0.15, 0.2) is 84.9 Å². The summed E-state index contributed by atoms with van der Waals surface area (Å²) < 4.78 is 0. The molecule has 0 atom stereocenters. The monoisotopic (exact) mass is 676 g/mol. The van der Waals surface area contributed by atoms with Crippen LogP contribution in [0.2, 0.25) is 30.1 Å². The fourth-order valence-corrected chi connectivity index (χ4v) is 5.53. The number of benzene rings is 5. The minimum atomic E-state index is 0.350. The molecular formula is C30H22Cl6N6. The summed E-state index contributed by atoms with van der Waals surface area (Å²) in [6.07, 6.45) is 0. The third kappa shape index (κ3) is 5.92. The molecular weight excluding hydrogens is 657 g/mol. The maximum Gasteiger partial charge on any atom is 0.0668 e.